The predicted molar refractivity (Wildman–Crippen MR) is 115 cm³/mol. The highest BCUT2D eigenvalue weighted by atomic mass is 32.2. The third-order valence-corrected chi connectivity index (χ3v) is 7.34. The topological polar surface area (TPSA) is 62.1 Å². The van der Waals surface area contributed by atoms with Crippen molar-refractivity contribution in [3.8, 4) is 0 Å². The largest absolute Gasteiger partial charge is 0.269 e. The summed E-state index contributed by atoms with van der Waals surface area (Å²) in [5.41, 5.74) is 2.17. The smallest absolute Gasteiger partial charge is 0.264 e. The molecular formula is C18H21N3O2S3. The van der Waals surface area contributed by atoms with Crippen molar-refractivity contribution >= 4 is 49.3 Å². The van der Waals surface area contributed by atoms with E-state index in [0.717, 1.165) is 15.7 Å². The zero-order valence-electron chi connectivity index (χ0n) is 15.1. The van der Waals surface area contributed by atoms with Crippen LogP contribution >= 0.6 is 23.5 Å². The van der Waals surface area contributed by atoms with Crippen LogP contribution < -0.4 is 4.31 Å². The standard InChI is InChI=1S/C18H21N3O2S3/c1-14(19-20-18(24-3)25-4)15-10-12-17(13-11-15)26(22,23)21(2)16-8-6-5-7-9-16/h5-13H,1-4H3/b19-14+. The van der Waals surface area contributed by atoms with Crippen molar-refractivity contribution < 1.29 is 8.42 Å². The highest BCUT2D eigenvalue weighted by Gasteiger charge is 2.21. The molecule has 8 heteroatoms. The molecule has 0 spiro atoms. The van der Waals surface area contributed by atoms with Gasteiger partial charge in [0.1, 0.15) is 0 Å². The number of hydrogen-bond acceptors (Lipinski definition) is 6. The zero-order valence-corrected chi connectivity index (χ0v) is 17.5. The maximum atomic E-state index is 12.8. The minimum Gasteiger partial charge on any atom is -0.269 e. The van der Waals surface area contributed by atoms with E-state index >= 15 is 0 Å². The second-order valence-electron chi connectivity index (χ2n) is 5.29. The minimum absolute atomic E-state index is 0.234. The number of thioether (sulfide) groups is 2. The molecule has 0 amide bonds. The van der Waals surface area contributed by atoms with Crippen LogP contribution in [0.5, 0.6) is 0 Å². The molecule has 0 saturated heterocycles. The summed E-state index contributed by atoms with van der Waals surface area (Å²) in [7, 11) is -2.06. The molecule has 2 rings (SSSR count). The summed E-state index contributed by atoms with van der Waals surface area (Å²) in [5.74, 6) is 0. The Bertz CT molecular complexity index is 887. The molecule has 26 heavy (non-hydrogen) atoms. The fourth-order valence-electron chi connectivity index (χ4n) is 2.14. The molecular weight excluding hydrogens is 386 g/mol. The first-order valence-electron chi connectivity index (χ1n) is 7.74. The predicted octanol–water partition coefficient (Wildman–Crippen LogP) is 4.32. The van der Waals surface area contributed by atoms with Crippen molar-refractivity contribution in [1.82, 2.24) is 0 Å². The van der Waals surface area contributed by atoms with E-state index in [2.05, 4.69) is 10.2 Å². The van der Waals surface area contributed by atoms with Crippen LogP contribution in [-0.4, -0.2) is 38.1 Å². The number of benzene rings is 2. The van der Waals surface area contributed by atoms with Gasteiger partial charge >= 0.3 is 0 Å². The molecule has 0 aromatic heterocycles. The van der Waals surface area contributed by atoms with Gasteiger partial charge in [-0.1, -0.05) is 30.3 Å². The second-order valence-corrected chi connectivity index (χ2v) is 9.11. The van der Waals surface area contributed by atoms with E-state index in [1.54, 1.807) is 43.4 Å². The van der Waals surface area contributed by atoms with Crippen LogP contribution in [0.4, 0.5) is 5.69 Å². The van der Waals surface area contributed by atoms with Gasteiger partial charge < -0.3 is 0 Å². The maximum Gasteiger partial charge on any atom is 0.264 e. The first kappa shape index (κ1) is 20.5. The van der Waals surface area contributed by atoms with E-state index in [-0.39, 0.29) is 4.90 Å². The number of nitrogens with zero attached hydrogens (tertiary/aromatic N) is 3. The van der Waals surface area contributed by atoms with Crippen molar-refractivity contribution in [2.24, 2.45) is 10.2 Å². The van der Waals surface area contributed by atoms with Gasteiger partial charge in [0.15, 0.2) is 4.38 Å². The number of sulfonamides is 1. The highest BCUT2D eigenvalue weighted by Crippen LogP contribution is 2.22. The molecule has 0 saturated carbocycles. The number of para-hydroxylation sites is 1. The van der Waals surface area contributed by atoms with Gasteiger partial charge in [0.05, 0.1) is 16.3 Å². The van der Waals surface area contributed by atoms with Gasteiger partial charge in [-0.15, -0.1) is 28.6 Å². The van der Waals surface area contributed by atoms with Crippen LogP contribution in [0.1, 0.15) is 12.5 Å². The fraction of sp³-hybridized carbons (Fsp3) is 0.222. The Hall–Kier alpha value is -1.77. The Morgan fingerprint density at radius 1 is 0.923 bits per heavy atom. The molecule has 0 N–H and O–H groups in total. The molecule has 2 aromatic carbocycles. The van der Waals surface area contributed by atoms with E-state index in [1.165, 1.54) is 27.8 Å². The molecule has 5 nitrogen and oxygen atoms in total. The van der Waals surface area contributed by atoms with Crippen LogP contribution in [0.2, 0.25) is 0 Å². The lowest BCUT2D eigenvalue weighted by Crippen LogP contribution is -2.26. The number of anilines is 1. The SMILES string of the molecule is CSC(=N/N=C(\C)c1ccc(S(=O)(=O)N(C)c2ccccc2)cc1)SC. The van der Waals surface area contributed by atoms with Crippen molar-refractivity contribution in [3.63, 3.8) is 0 Å². The summed E-state index contributed by atoms with van der Waals surface area (Å²) in [6.45, 7) is 1.85. The van der Waals surface area contributed by atoms with Gasteiger partial charge in [-0.2, -0.15) is 5.10 Å². The Morgan fingerprint density at radius 3 is 2.04 bits per heavy atom. The van der Waals surface area contributed by atoms with Crippen LogP contribution in [0.25, 0.3) is 0 Å². The lowest BCUT2D eigenvalue weighted by atomic mass is 10.1. The average Bonchev–Trinajstić information content (AvgIpc) is 2.68. The molecule has 0 heterocycles. The van der Waals surface area contributed by atoms with E-state index in [4.69, 9.17) is 0 Å². The summed E-state index contributed by atoms with van der Waals surface area (Å²) in [5, 5.41) is 8.39. The third kappa shape index (κ3) is 4.90. The van der Waals surface area contributed by atoms with E-state index in [0.29, 0.717) is 5.69 Å². The van der Waals surface area contributed by atoms with Gasteiger partial charge in [-0.3, -0.25) is 4.31 Å². The normalized spacial score (nSPS) is 11.9. The van der Waals surface area contributed by atoms with Gasteiger partial charge in [0.2, 0.25) is 0 Å². The Kier molecular flexibility index (Phi) is 7.31. The average molecular weight is 408 g/mol. The number of rotatable bonds is 5. The highest BCUT2D eigenvalue weighted by molar-refractivity contribution is 8.38. The molecule has 0 aliphatic heterocycles. The zero-order chi connectivity index (χ0) is 19.2. The lowest BCUT2D eigenvalue weighted by molar-refractivity contribution is 0.594. The van der Waals surface area contributed by atoms with E-state index in [9.17, 15) is 8.42 Å². The first-order chi connectivity index (χ1) is 12.4. The fourth-order valence-corrected chi connectivity index (χ4v) is 4.25. The first-order valence-corrected chi connectivity index (χ1v) is 11.6. The van der Waals surface area contributed by atoms with E-state index in [1.807, 2.05) is 37.6 Å². The van der Waals surface area contributed by atoms with Crippen molar-refractivity contribution in [3.05, 3.63) is 60.2 Å². The quantitative estimate of drug-likeness (QED) is 0.421. The molecule has 0 radical (unpaired) electrons. The molecule has 0 aliphatic rings. The van der Waals surface area contributed by atoms with Crippen molar-refractivity contribution in [2.45, 2.75) is 11.8 Å². The molecule has 2 aromatic rings. The van der Waals surface area contributed by atoms with Gasteiger partial charge in [-0.05, 0) is 49.3 Å². The van der Waals surface area contributed by atoms with Crippen LogP contribution in [-0.2, 0) is 10.0 Å². The van der Waals surface area contributed by atoms with Crippen LogP contribution in [0, 0.1) is 0 Å². The van der Waals surface area contributed by atoms with Crippen molar-refractivity contribution in [2.75, 3.05) is 23.9 Å². The second kappa shape index (κ2) is 9.25. The van der Waals surface area contributed by atoms with Gasteiger partial charge in [-0.25, -0.2) is 8.42 Å². The summed E-state index contributed by atoms with van der Waals surface area (Å²) >= 11 is 3.07. The monoisotopic (exact) mass is 407 g/mol. The van der Waals surface area contributed by atoms with Crippen LogP contribution in [0.15, 0.2) is 69.7 Å². The summed E-state index contributed by atoms with van der Waals surface area (Å²) in [6, 6.07) is 15.7. The summed E-state index contributed by atoms with van der Waals surface area (Å²) in [6.07, 6.45) is 3.89. The Morgan fingerprint density at radius 2 is 1.50 bits per heavy atom. The molecule has 0 unspecified atom stereocenters. The Balaban J connectivity index is 2.26. The molecule has 0 aliphatic carbocycles. The molecule has 138 valence electrons. The Labute approximate surface area is 163 Å². The van der Waals surface area contributed by atoms with Crippen molar-refractivity contribution in [1.29, 1.82) is 0 Å². The van der Waals surface area contributed by atoms with Gasteiger partial charge in [0, 0.05) is 7.05 Å². The summed E-state index contributed by atoms with van der Waals surface area (Å²) in [4.78, 5) is 0.234. The van der Waals surface area contributed by atoms with Gasteiger partial charge in [0.25, 0.3) is 10.0 Å². The van der Waals surface area contributed by atoms with Crippen LogP contribution in [0.3, 0.4) is 0 Å². The maximum absolute atomic E-state index is 12.8. The molecule has 0 atom stereocenters. The number of hydrogen-bond donors (Lipinski definition) is 0. The van der Waals surface area contributed by atoms with E-state index < -0.39 is 10.0 Å². The minimum atomic E-state index is -3.61. The lowest BCUT2D eigenvalue weighted by Gasteiger charge is -2.19. The third-order valence-electron chi connectivity index (χ3n) is 3.68. The molecule has 0 fully saturated rings. The summed E-state index contributed by atoms with van der Waals surface area (Å²) < 4.78 is 27.7. The molecule has 0 bridgehead atoms.